The van der Waals surface area contributed by atoms with Crippen molar-refractivity contribution >= 4 is 12.6 Å². The SMILES string of the molecule is CC1(C)OB(c2c(F)cc(C3CCOCC3)cc2F)OC1(C)C. The van der Waals surface area contributed by atoms with E-state index in [2.05, 4.69) is 0 Å². The summed E-state index contributed by atoms with van der Waals surface area (Å²) >= 11 is 0. The van der Waals surface area contributed by atoms with Gasteiger partial charge in [0.1, 0.15) is 11.6 Å². The Labute approximate surface area is 136 Å². The van der Waals surface area contributed by atoms with E-state index in [0.717, 1.165) is 12.8 Å². The zero-order valence-electron chi connectivity index (χ0n) is 14.1. The number of benzene rings is 1. The Morgan fingerprint density at radius 1 is 0.957 bits per heavy atom. The van der Waals surface area contributed by atoms with Crippen molar-refractivity contribution in [1.82, 2.24) is 0 Å². The monoisotopic (exact) mass is 324 g/mol. The molecule has 2 heterocycles. The van der Waals surface area contributed by atoms with Crippen LogP contribution in [0.4, 0.5) is 8.78 Å². The van der Waals surface area contributed by atoms with Gasteiger partial charge in [-0.15, -0.1) is 0 Å². The van der Waals surface area contributed by atoms with E-state index in [1.807, 2.05) is 27.7 Å². The first-order valence-electron chi connectivity index (χ1n) is 8.13. The van der Waals surface area contributed by atoms with E-state index in [-0.39, 0.29) is 11.4 Å². The molecule has 3 nitrogen and oxygen atoms in total. The van der Waals surface area contributed by atoms with Crippen LogP contribution in [0.3, 0.4) is 0 Å². The minimum atomic E-state index is -1.02. The molecule has 2 fully saturated rings. The Balaban J connectivity index is 1.90. The van der Waals surface area contributed by atoms with Crippen molar-refractivity contribution in [2.24, 2.45) is 0 Å². The molecule has 0 atom stereocenters. The second-order valence-electron chi connectivity index (χ2n) is 7.37. The van der Waals surface area contributed by atoms with Crippen LogP contribution < -0.4 is 5.46 Å². The predicted molar refractivity (Wildman–Crippen MR) is 84.9 cm³/mol. The summed E-state index contributed by atoms with van der Waals surface area (Å²) in [6.07, 6.45) is 1.57. The Morgan fingerprint density at radius 3 is 1.91 bits per heavy atom. The van der Waals surface area contributed by atoms with Crippen LogP contribution in [-0.4, -0.2) is 31.5 Å². The molecule has 0 bridgehead atoms. The van der Waals surface area contributed by atoms with Gasteiger partial charge in [0.15, 0.2) is 0 Å². The summed E-state index contributed by atoms with van der Waals surface area (Å²) in [5.41, 5.74) is -0.714. The summed E-state index contributed by atoms with van der Waals surface area (Å²) in [5, 5.41) is 0. The van der Waals surface area contributed by atoms with E-state index < -0.39 is 30.0 Å². The molecule has 0 N–H and O–H groups in total. The van der Waals surface area contributed by atoms with Crippen molar-refractivity contribution in [2.75, 3.05) is 13.2 Å². The van der Waals surface area contributed by atoms with Gasteiger partial charge < -0.3 is 14.0 Å². The van der Waals surface area contributed by atoms with Gasteiger partial charge in [-0.2, -0.15) is 0 Å². The van der Waals surface area contributed by atoms with Crippen molar-refractivity contribution in [3.63, 3.8) is 0 Å². The van der Waals surface area contributed by atoms with Crippen molar-refractivity contribution in [3.05, 3.63) is 29.3 Å². The fraction of sp³-hybridized carbons (Fsp3) is 0.647. The average Bonchev–Trinajstić information content (AvgIpc) is 2.67. The first-order valence-corrected chi connectivity index (χ1v) is 8.13. The maximum atomic E-state index is 14.6. The summed E-state index contributed by atoms with van der Waals surface area (Å²) in [5.74, 6) is -1.07. The summed E-state index contributed by atoms with van der Waals surface area (Å²) in [4.78, 5) is 0. The molecule has 2 aliphatic heterocycles. The van der Waals surface area contributed by atoms with Gasteiger partial charge >= 0.3 is 7.12 Å². The third-order valence-electron chi connectivity index (χ3n) is 5.28. The molecule has 2 aliphatic rings. The standard InChI is InChI=1S/C17H23BF2O3/c1-16(2)17(3,4)23-18(22-16)15-13(19)9-12(10-14(15)20)11-5-7-21-8-6-11/h9-11H,5-8H2,1-4H3. The highest BCUT2D eigenvalue weighted by atomic mass is 19.1. The van der Waals surface area contributed by atoms with Gasteiger partial charge in [0, 0.05) is 13.2 Å². The van der Waals surface area contributed by atoms with Crippen LogP contribution in [0.25, 0.3) is 0 Å². The molecule has 0 saturated carbocycles. The molecule has 3 rings (SSSR count). The first-order chi connectivity index (χ1) is 10.7. The molecular weight excluding hydrogens is 301 g/mol. The summed E-state index contributed by atoms with van der Waals surface area (Å²) in [6.45, 7) is 8.70. The molecule has 126 valence electrons. The van der Waals surface area contributed by atoms with E-state index in [1.165, 1.54) is 12.1 Å². The zero-order chi connectivity index (χ0) is 16.8. The molecule has 6 heteroatoms. The zero-order valence-corrected chi connectivity index (χ0v) is 14.1. The van der Waals surface area contributed by atoms with E-state index >= 15 is 0 Å². The lowest BCUT2D eigenvalue weighted by Gasteiger charge is -2.32. The molecule has 0 unspecified atom stereocenters. The fourth-order valence-electron chi connectivity index (χ4n) is 3.06. The lowest BCUT2D eigenvalue weighted by Crippen LogP contribution is -2.41. The normalized spacial score (nSPS) is 24.2. The van der Waals surface area contributed by atoms with Crippen LogP contribution in [0.15, 0.2) is 12.1 Å². The van der Waals surface area contributed by atoms with Crippen LogP contribution in [-0.2, 0) is 14.0 Å². The minimum absolute atomic E-state index is 0.139. The van der Waals surface area contributed by atoms with Crippen molar-refractivity contribution in [3.8, 4) is 0 Å². The highest BCUT2D eigenvalue weighted by molar-refractivity contribution is 6.62. The highest BCUT2D eigenvalue weighted by Gasteiger charge is 2.53. The molecule has 23 heavy (non-hydrogen) atoms. The number of hydrogen-bond acceptors (Lipinski definition) is 3. The largest absolute Gasteiger partial charge is 0.500 e. The van der Waals surface area contributed by atoms with Crippen LogP contribution in [0, 0.1) is 11.6 Å². The Hall–Kier alpha value is -0.975. The second-order valence-corrected chi connectivity index (χ2v) is 7.37. The van der Waals surface area contributed by atoms with E-state index in [0.29, 0.717) is 18.8 Å². The third-order valence-corrected chi connectivity index (χ3v) is 5.28. The third kappa shape index (κ3) is 3.04. The van der Waals surface area contributed by atoms with E-state index in [1.54, 1.807) is 0 Å². The van der Waals surface area contributed by atoms with Crippen molar-refractivity contribution in [2.45, 2.75) is 57.7 Å². The number of ether oxygens (including phenoxy) is 1. The maximum Gasteiger partial charge on any atom is 0.500 e. The summed E-state index contributed by atoms with van der Waals surface area (Å²) in [7, 11) is -1.02. The molecular formula is C17H23BF2O3. The highest BCUT2D eigenvalue weighted by Crippen LogP contribution is 2.37. The Morgan fingerprint density at radius 2 is 1.43 bits per heavy atom. The van der Waals surface area contributed by atoms with Gasteiger partial charge in [-0.05, 0) is 64.2 Å². The number of rotatable bonds is 2. The van der Waals surface area contributed by atoms with Gasteiger partial charge in [0.05, 0.1) is 16.7 Å². The molecule has 0 spiro atoms. The quantitative estimate of drug-likeness (QED) is 0.782. The van der Waals surface area contributed by atoms with E-state index in [9.17, 15) is 8.78 Å². The van der Waals surface area contributed by atoms with Gasteiger partial charge in [0.2, 0.25) is 0 Å². The van der Waals surface area contributed by atoms with Crippen LogP contribution >= 0.6 is 0 Å². The topological polar surface area (TPSA) is 27.7 Å². The second kappa shape index (κ2) is 5.83. The van der Waals surface area contributed by atoms with Gasteiger partial charge in [-0.3, -0.25) is 0 Å². The number of halogens is 2. The van der Waals surface area contributed by atoms with Crippen LogP contribution in [0.1, 0.15) is 52.0 Å². The Kier molecular flexibility index (Phi) is 4.28. The van der Waals surface area contributed by atoms with Gasteiger partial charge in [0.25, 0.3) is 0 Å². The molecule has 0 aliphatic carbocycles. The van der Waals surface area contributed by atoms with Crippen LogP contribution in [0.5, 0.6) is 0 Å². The maximum absolute atomic E-state index is 14.6. The molecule has 0 amide bonds. The summed E-state index contributed by atoms with van der Waals surface area (Å²) < 4.78 is 46.0. The van der Waals surface area contributed by atoms with Crippen LogP contribution in [0.2, 0.25) is 0 Å². The lowest BCUT2D eigenvalue weighted by atomic mass is 9.76. The molecule has 1 aromatic carbocycles. The summed E-state index contributed by atoms with van der Waals surface area (Å²) in [6, 6.07) is 2.83. The predicted octanol–water partition coefficient (Wildman–Crippen LogP) is 3.16. The molecule has 1 aromatic rings. The van der Waals surface area contributed by atoms with E-state index in [4.69, 9.17) is 14.0 Å². The van der Waals surface area contributed by atoms with Gasteiger partial charge in [-0.1, -0.05) is 0 Å². The number of hydrogen-bond donors (Lipinski definition) is 0. The average molecular weight is 324 g/mol. The first kappa shape index (κ1) is 16.9. The molecule has 2 saturated heterocycles. The smallest absolute Gasteiger partial charge is 0.399 e. The molecule has 0 aromatic heterocycles. The molecule has 0 radical (unpaired) electrons. The van der Waals surface area contributed by atoms with Crippen molar-refractivity contribution in [1.29, 1.82) is 0 Å². The minimum Gasteiger partial charge on any atom is -0.399 e. The lowest BCUT2D eigenvalue weighted by molar-refractivity contribution is 0.00578. The van der Waals surface area contributed by atoms with Gasteiger partial charge in [-0.25, -0.2) is 8.78 Å². The van der Waals surface area contributed by atoms with Crippen molar-refractivity contribution < 1.29 is 22.8 Å². The fourth-order valence-corrected chi connectivity index (χ4v) is 3.06. The Bertz CT molecular complexity index is 558.